The fourth-order valence-corrected chi connectivity index (χ4v) is 19.3. The molecule has 6 heterocycles. The first kappa shape index (κ1) is 120. The lowest BCUT2D eigenvalue weighted by Gasteiger charge is -2.34. The van der Waals surface area contributed by atoms with Gasteiger partial charge in [-0.25, -0.2) is 4.79 Å². The second-order valence-corrected chi connectivity index (χ2v) is 38.6. The van der Waals surface area contributed by atoms with Crippen LogP contribution in [0.15, 0.2) is 30.3 Å². The van der Waals surface area contributed by atoms with Crippen molar-refractivity contribution >= 4 is 136 Å². The van der Waals surface area contributed by atoms with E-state index in [9.17, 15) is 38.7 Å². The highest BCUT2D eigenvalue weighted by molar-refractivity contribution is 6.02. The van der Waals surface area contributed by atoms with Crippen molar-refractivity contribution in [3.8, 4) is 0 Å². The highest BCUT2D eigenvalue weighted by atomic mass is 16.4. The first-order valence-corrected chi connectivity index (χ1v) is 51.1. The minimum absolute atomic E-state index is 0.00641. The van der Waals surface area contributed by atoms with Gasteiger partial charge in [-0.3, -0.25) is 110 Å². The number of carbonyl (C=O) groups excluding carboxylic acids is 15. The number of carbonyl (C=O) groups is 16. The molecule has 7 rings (SSSR count). The van der Waals surface area contributed by atoms with Gasteiger partial charge in [0.25, 0.3) is 0 Å². The Bertz CT molecular complexity index is 4750. The molecule has 40 N–H and O–H groups in total. The van der Waals surface area contributed by atoms with Crippen molar-refractivity contribution in [2.75, 3.05) is 85.1 Å². The summed E-state index contributed by atoms with van der Waals surface area (Å²) in [6, 6.07) is -11.5. The van der Waals surface area contributed by atoms with Crippen molar-refractivity contribution in [3.05, 3.63) is 35.9 Å². The van der Waals surface area contributed by atoms with E-state index in [-0.39, 0.29) is 268 Å². The molecule has 818 valence electrons. The van der Waals surface area contributed by atoms with Gasteiger partial charge in [-0.2, -0.15) is 0 Å². The number of hydrogen-bond donors (Lipinski definition) is 32. The Kier molecular flexibility index (Phi) is 49.2. The molecule has 0 unspecified atom stereocenters. The van der Waals surface area contributed by atoms with E-state index in [0.717, 1.165) is 0 Å². The number of amides is 15. The van der Waals surface area contributed by atoms with Gasteiger partial charge in [-0.15, -0.1) is 0 Å². The van der Waals surface area contributed by atoms with Gasteiger partial charge in [0, 0.05) is 91.5 Å². The monoisotopic (exact) mass is 2070 g/mol. The highest BCUT2D eigenvalue weighted by Crippen LogP contribution is 2.31. The molecule has 0 spiro atoms. The van der Waals surface area contributed by atoms with Gasteiger partial charge >= 0.3 is 5.97 Å². The fraction of sp³-hybridized carbons (Fsp3) is 0.688. The van der Waals surface area contributed by atoms with Gasteiger partial charge in [-0.05, 0) is 191 Å². The zero-order valence-electron chi connectivity index (χ0n) is 84.8. The number of likely N-dealkylation sites (tertiary alicyclic amines) is 6. The summed E-state index contributed by atoms with van der Waals surface area (Å²) >= 11 is 0. The highest BCUT2D eigenvalue weighted by Gasteiger charge is 2.49. The molecule has 6 aliphatic rings. The van der Waals surface area contributed by atoms with Crippen LogP contribution in [0, 0.1) is 49.7 Å². The van der Waals surface area contributed by atoms with Crippen molar-refractivity contribution in [1.82, 2.24) is 114 Å². The van der Waals surface area contributed by atoms with E-state index < -0.39 is 197 Å². The van der Waals surface area contributed by atoms with Crippen LogP contribution in [0.1, 0.15) is 213 Å². The maximum absolute atomic E-state index is 15.4. The maximum Gasteiger partial charge on any atom is 0.326 e. The number of nitrogens with zero attached hydrogens (tertiary/aromatic N) is 6. The fourth-order valence-electron chi connectivity index (χ4n) is 19.3. The topological polar surface area (TPSA) is 880 Å². The Morgan fingerprint density at radius 2 is 0.592 bits per heavy atom. The number of rotatable bonds is 59. The molecule has 6 aliphatic heterocycles. The molecule has 6 fully saturated rings. The second-order valence-electron chi connectivity index (χ2n) is 38.6. The SMILES string of the molecule is CC[C@H](C)[C@H](NC(=O)[C@H](Cc1ccccc1)NC(=O)[C@@H](N)CCCNC(=N)N)C(=O)N[C@@H](CCCNC(=N)N)C(=O)N1CCC[C@H]1C(=O)N[C@@H](CCCNC(=N)N)C(=O)N1CCC[C@H]1C(=O)N1CCC[C@H]1C(=O)N[C@@H](CCCNC(=N)N)C(=O)N[C@@H](CC(C)C)C(=O)N1CCC[C@H]1C(=O)N[C@@H](CCCNC(=N)N)C(=O)N1CCC[C@H]1C(=O)N[C@@H](CCCNC(=N)N)C(=O)N1CCC[C@H]1C(=O)N[C@@H](CCCNC(=N)N)C(=O)O. The van der Waals surface area contributed by atoms with E-state index in [1.54, 1.807) is 58.0 Å². The van der Waals surface area contributed by atoms with Gasteiger partial charge in [0.1, 0.15) is 90.6 Å². The summed E-state index contributed by atoms with van der Waals surface area (Å²) in [7, 11) is 0. The zero-order chi connectivity index (χ0) is 108. The summed E-state index contributed by atoms with van der Waals surface area (Å²) in [6.45, 7) is 8.11. The third-order valence-corrected chi connectivity index (χ3v) is 27.0. The van der Waals surface area contributed by atoms with E-state index in [2.05, 4.69) is 85.1 Å². The van der Waals surface area contributed by atoms with Crippen LogP contribution in [0.2, 0.25) is 0 Å². The molecular formula is C93H159N37O17. The van der Waals surface area contributed by atoms with Crippen molar-refractivity contribution in [3.63, 3.8) is 0 Å². The molecule has 147 heavy (non-hydrogen) atoms. The number of carboxylic acid groups (broad SMARTS) is 1. The third-order valence-electron chi connectivity index (χ3n) is 27.0. The number of guanidine groups is 7. The summed E-state index contributed by atoms with van der Waals surface area (Å²) in [5, 5.41) is 108. The second kappa shape index (κ2) is 60.5. The van der Waals surface area contributed by atoms with E-state index >= 15 is 43.2 Å². The molecule has 15 amide bonds. The average Bonchev–Trinajstić information content (AvgIpc) is 1.66. The average molecular weight is 2070 g/mol. The van der Waals surface area contributed by atoms with Crippen molar-refractivity contribution < 1.29 is 81.8 Å². The lowest BCUT2D eigenvalue weighted by atomic mass is 9.96. The molecule has 1 aromatic rings. The predicted molar refractivity (Wildman–Crippen MR) is 545 cm³/mol. The standard InChI is InChI=1S/C93H159N37O17/c1-5-53(4)70(124-73(133)62(51-54-22-7-6-8-23-54)122-71(131)55(94)24-9-37-109-87(95)96)79(139)120-60(29-14-42-114-92(105)106)82(142)126-45-17-32-65(126)76(136)119-59(28-13-41-113-91(103)104)83(143)130-49-21-36-69(130)85(145)129-48-20-35-68(129)74(134)116-56(25-10-38-110-88(97)98)72(132)123-63(50-52(2)3)84(144)128-47-19-33-66(128)77(137)118-57(26-11-39-111-89(99)100)80(140)125-44-16-31-64(125)75(135)117-58(27-12-40-112-90(101)102)81(141)127-46-18-34-67(127)78(138)121-61(86(146)147)30-15-43-115-93(107)108/h6-8,22-23,52-53,55-70H,5,9-21,24-51,94H2,1-4H3,(H,116,134)(H,117,135)(H,118,137)(H,119,136)(H,120,139)(H,121,138)(H,122,131)(H,123,132)(H,124,133)(H,146,147)(H4,95,96,109)(H4,97,98,110)(H4,99,100,111)(H4,101,102,112)(H4,103,104,113)(H4,105,106,114)(H4,107,108,115)/t53-,55-,56-,57-,58-,59-,60-,61-,62-,63-,64-,65-,66-,67-,68-,69-,70-/m0/s1. The molecule has 0 saturated carbocycles. The molecule has 17 atom stereocenters. The summed E-state index contributed by atoms with van der Waals surface area (Å²) in [4.78, 5) is 243. The molecule has 0 aromatic heterocycles. The van der Waals surface area contributed by atoms with Crippen LogP contribution in [-0.2, 0) is 83.1 Å². The van der Waals surface area contributed by atoms with Crippen molar-refractivity contribution in [2.45, 2.75) is 311 Å². The predicted octanol–water partition coefficient (Wildman–Crippen LogP) is -7.11. The molecule has 1 aromatic carbocycles. The summed E-state index contributed by atoms with van der Waals surface area (Å²) in [5.74, 6) is -15.4. The number of nitrogens with one attached hydrogen (secondary N) is 23. The van der Waals surface area contributed by atoms with Crippen LogP contribution in [0.25, 0.3) is 0 Å². The van der Waals surface area contributed by atoms with Crippen LogP contribution in [-0.4, -0.2) is 353 Å². The third kappa shape index (κ3) is 38.2. The van der Waals surface area contributed by atoms with Crippen LogP contribution in [0.4, 0.5) is 0 Å². The van der Waals surface area contributed by atoms with Crippen LogP contribution < -0.4 is 131 Å². The first-order chi connectivity index (χ1) is 69.9. The molecule has 0 aliphatic carbocycles. The number of carboxylic acids is 1. The van der Waals surface area contributed by atoms with Crippen molar-refractivity contribution in [1.29, 1.82) is 37.9 Å². The Morgan fingerprint density at radius 1 is 0.327 bits per heavy atom. The Labute approximate surface area is 855 Å². The molecule has 0 radical (unpaired) electrons. The molecule has 6 saturated heterocycles. The maximum atomic E-state index is 15.4. The van der Waals surface area contributed by atoms with E-state index in [1.165, 1.54) is 29.4 Å². The molecule has 0 bridgehead atoms. The summed E-state index contributed by atoms with van der Waals surface area (Å²) in [6.07, 6.45) is 3.97. The number of nitrogens with two attached hydrogens (primary N) is 8. The molecule has 54 heteroatoms. The largest absolute Gasteiger partial charge is 0.480 e. The van der Waals surface area contributed by atoms with Crippen LogP contribution >= 0.6 is 0 Å². The van der Waals surface area contributed by atoms with Gasteiger partial charge in [-0.1, -0.05) is 64.4 Å². The Hall–Kier alpha value is -14.4. The number of hydrogen-bond acceptors (Lipinski definition) is 24. The summed E-state index contributed by atoms with van der Waals surface area (Å²) in [5.41, 5.74) is 45.9. The number of benzene rings is 1. The Morgan fingerprint density at radius 3 is 0.925 bits per heavy atom. The van der Waals surface area contributed by atoms with E-state index in [4.69, 9.17) is 83.7 Å². The smallest absolute Gasteiger partial charge is 0.326 e. The summed E-state index contributed by atoms with van der Waals surface area (Å²) < 4.78 is 0. The molecular weight excluding hydrogens is 1910 g/mol. The van der Waals surface area contributed by atoms with Crippen LogP contribution in [0.5, 0.6) is 0 Å². The number of aliphatic carboxylic acids is 1. The first-order valence-electron chi connectivity index (χ1n) is 51.1. The van der Waals surface area contributed by atoms with E-state index in [0.29, 0.717) is 56.9 Å². The van der Waals surface area contributed by atoms with Gasteiger partial charge in [0.2, 0.25) is 88.6 Å². The zero-order valence-corrected chi connectivity index (χ0v) is 84.8. The Balaban J connectivity index is 1.06. The lowest BCUT2D eigenvalue weighted by molar-refractivity contribution is -0.148. The minimum atomic E-state index is -1.42. The van der Waals surface area contributed by atoms with Gasteiger partial charge in [0.15, 0.2) is 41.7 Å². The van der Waals surface area contributed by atoms with Crippen LogP contribution in [0.3, 0.4) is 0 Å². The van der Waals surface area contributed by atoms with Gasteiger partial charge in [0.05, 0.1) is 6.04 Å². The minimum Gasteiger partial charge on any atom is -0.480 e. The van der Waals surface area contributed by atoms with E-state index in [1.807, 2.05) is 0 Å². The normalized spacial score (nSPS) is 19.6. The quantitative estimate of drug-likeness (QED) is 0.0164. The molecule has 54 nitrogen and oxygen atoms in total. The van der Waals surface area contributed by atoms with Gasteiger partial charge < -0.3 is 165 Å². The van der Waals surface area contributed by atoms with Crippen molar-refractivity contribution in [2.24, 2.45) is 57.7 Å². The lowest BCUT2D eigenvalue weighted by Crippen LogP contribution is -2.61.